The fourth-order valence-electron chi connectivity index (χ4n) is 2.19. The maximum Gasteiger partial charge on any atom is 0.307 e. The molecular formula is C16H17Cl2NO4. The van der Waals surface area contributed by atoms with Crippen molar-refractivity contribution in [1.29, 1.82) is 5.26 Å². The molecule has 0 saturated heterocycles. The van der Waals surface area contributed by atoms with Crippen LogP contribution >= 0.6 is 23.2 Å². The van der Waals surface area contributed by atoms with Gasteiger partial charge in [0.05, 0.1) is 32.1 Å². The van der Waals surface area contributed by atoms with Crippen LogP contribution in [0.4, 0.5) is 0 Å². The summed E-state index contributed by atoms with van der Waals surface area (Å²) in [6, 6.07) is 6.58. The zero-order valence-electron chi connectivity index (χ0n) is 12.9. The zero-order chi connectivity index (χ0) is 17.5. The van der Waals surface area contributed by atoms with Gasteiger partial charge in [0.2, 0.25) is 0 Å². The Hall–Kier alpha value is -1.77. The monoisotopic (exact) mass is 357 g/mol. The lowest BCUT2D eigenvalue weighted by atomic mass is 9.76. The number of nitrogens with zero attached hydrogens (tertiary/aromatic N) is 1. The molecule has 0 bridgehead atoms. The molecule has 7 heteroatoms. The lowest BCUT2D eigenvalue weighted by Crippen LogP contribution is -2.32. The maximum absolute atomic E-state index is 11.9. The predicted molar refractivity (Wildman–Crippen MR) is 86.3 cm³/mol. The third-order valence-corrected chi connectivity index (χ3v) is 3.71. The van der Waals surface area contributed by atoms with E-state index in [0.717, 1.165) is 0 Å². The van der Waals surface area contributed by atoms with E-state index in [4.69, 9.17) is 32.7 Å². The Kier molecular flexibility index (Phi) is 7.34. The van der Waals surface area contributed by atoms with Crippen molar-refractivity contribution in [3.05, 3.63) is 33.8 Å². The van der Waals surface area contributed by atoms with Crippen LogP contribution in [0.25, 0.3) is 0 Å². The Labute approximate surface area is 145 Å². The fraction of sp³-hybridized carbons (Fsp3) is 0.438. The molecule has 0 atom stereocenters. The Bertz CT molecular complexity index is 605. The van der Waals surface area contributed by atoms with Gasteiger partial charge in [0.1, 0.15) is 5.41 Å². The summed E-state index contributed by atoms with van der Waals surface area (Å²) in [6.45, 7) is 3.67. The van der Waals surface area contributed by atoms with Gasteiger partial charge in [-0.3, -0.25) is 9.59 Å². The SMILES string of the molecule is CCOC(=O)CC(C#N)(CC(=O)OCC)c1ccc(Cl)cc1Cl. The number of carbonyl (C=O) groups excluding carboxylic acids is 2. The van der Waals surface area contributed by atoms with Crippen LogP contribution in [0.3, 0.4) is 0 Å². The summed E-state index contributed by atoms with van der Waals surface area (Å²) in [4.78, 5) is 23.8. The number of benzene rings is 1. The van der Waals surface area contributed by atoms with Crippen LogP contribution < -0.4 is 0 Å². The minimum atomic E-state index is -1.47. The molecule has 0 saturated carbocycles. The summed E-state index contributed by atoms with van der Waals surface area (Å²) in [5.41, 5.74) is -1.13. The first-order valence-corrected chi connectivity index (χ1v) is 7.82. The highest BCUT2D eigenvalue weighted by atomic mass is 35.5. The van der Waals surface area contributed by atoms with E-state index < -0.39 is 17.4 Å². The van der Waals surface area contributed by atoms with E-state index in [1.807, 2.05) is 6.07 Å². The largest absolute Gasteiger partial charge is 0.466 e. The maximum atomic E-state index is 11.9. The zero-order valence-corrected chi connectivity index (χ0v) is 14.4. The van der Waals surface area contributed by atoms with Gasteiger partial charge in [-0.05, 0) is 31.5 Å². The standard InChI is InChI=1S/C16H17Cl2NO4/c1-3-22-14(20)8-16(10-19,9-15(21)23-4-2)12-6-5-11(17)7-13(12)18/h5-7H,3-4,8-9H2,1-2H3. The molecule has 0 amide bonds. The first-order valence-electron chi connectivity index (χ1n) is 7.06. The third kappa shape index (κ3) is 5.12. The molecule has 0 aliphatic carbocycles. The van der Waals surface area contributed by atoms with Crippen LogP contribution in [0.1, 0.15) is 32.3 Å². The molecule has 0 aliphatic heterocycles. The number of ether oxygens (including phenoxy) is 2. The van der Waals surface area contributed by atoms with Crippen LogP contribution in [0.2, 0.25) is 10.0 Å². The Balaban J connectivity index is 3.30. The molecule has 5 nitrogen and oxygen atoms in total. The first kappa shape index (κ1) is 19.3. The van der Waals surface area contributed by atoms with E-state index in [9.17, 15) is 14.9 Å². The lowest BCUT2D eigenvalue weighted by molar-refractivity contribution is -0.146. The summed E-state index contributed by atoms with van der Waals surface area (Å²) in [7, 11) is 0. The summed E-state index contributed by atoms with van der Waals surface area (Å²) >= 11 is 12.0. The predicted octanol–water partition coefficient (Wildman–Crippen LogP) is 3.66. The first-order chi connectivity index (χ1) is 10.9. The van der Waals surface area contributed by atoms with Crippen LogP contribution in [-0.4, -0.2) is 25.2 Å². The fourth-order valence-corrected chi connectivity index (χ4v) is 2.78. The molecule has 0 unspecified atom stereocenters. The van der Waals surface area contributed by atoms with Crippen LogP contribution in [0.5, 0.6) is 0 Å². The summed E-state index contributed by atoms with van der Waals surface area (Å²) in [5.74, 6) is -1.19. The molecular weight excluding hydrogens is 341 g/mol. The van der Waals surface area contributed by atoms with Crippen molar-refractivity contribution < 1.29 is 19.1 Å². The average Bonchev–Trinajstić information content (AvgIpc) is 2.46. The highest BCUT2D eigenvalue weighted by molar-refractivity contribution is 6.35. The van der Waals surface area contributed by atoms with Gasteiger partial charge in [-0.25, -0.2) is 0 Å². The molecule has 0 aliphatic rings. The van der Waals surface area contributed by atoms with Gasteiger partial charge in [0.15, 0.2) is 0 Å². The molecule has 0 aromatic heterocycles. The highest BCUT2D eigenvalue weighted by Crippen LogP contribution is 2.38. The second-order valence-electron chi connectivity index (χ2n) is 4.78. The average molecular weight is 358 g/mol. The molecule has 124 valence electrons. The van der Waals surface area contributed by atoms with Crippen LogP contribution in [-0.2, 0) is 24.5 Å². The molecule has 0 spiro atoms. The lowest BCUT2D eigenvalue weighted by Gasteiger charge is -2.26. The summed E-state index contributed by atoms with van der Waals surface area (Å²) < 4.78 is 9.83. The van der Waals surface area contributed by atoms with E-state index in [1.165, 1.54) is 12.1 Å². The highest BCUT2D eigenvalue weighted by Gasteiger charge is 2.40. The molecule has 0 radical (unpaired) electrons. The smallest absolute Gasteiger partial charge is 0.307 e. The van der Waals surface area contributed by atoms with E-state index >= 15 is 0 Å². The van der Waals surface area contributed by atoms with E-state index in [0.29, 0.717) is 10.6 Å². The van der Waals surface area contributed by atoms with Crippen molar-refractivity contribution in [2.45, 2.75) is 32.1 Å². The Morgan fingerprint density at radius 2 is 1.65 bits per heavy atom. The molecule has 23 heavy (non-hydrogen) atoms. The van der Waals surface area contributed by atoms with Crippen molar-refractivity contribution in [1.82, 2.24) is 0 Å². The number of esters is 2. The van der Waals surface area contributed by atoms with E-state index in [1.54, 1.807) is 19.9 Å². The quantitative estimate of drug-likeness (QED) is 0.695. The molecule has 1 aromatic rings. The van der Waals surface area contributed by atoms with Crippen LogP contribution in [0, 0.1) is 11.3 Å². The van der Waals surface area contributed by atoms with Gasteiger partial charge in [-0.2, -0.15) is 5.26 Å². The van der Waals surface area contributed by atoms with Crippen molar-refractivity contribution in [3.63, 3.8) is 0 Å². The number of carbonyl (C=O) groups is 2. The van der Waals surface area contributed by atoms with Crippen LogP contribution in [0.15, 0.2) is 18.2 Å². The normalized spacial score (nSPS) is 10.7. The van der Waals surface area contributed by atoms with Crippen molar-refractivity contribution in [2.75, 3.05) is 13.2 Å². The van der Waals surface area contributed by atoms with Crippen molar-refractivity contribution in [3.8, 4) is 6.07 Å². The molecule has 1 aromatic carbocycles. The van der Waals surface area contributed by atoms with Gasteiger partial charge in [0, 0.05) is 10.0 Å². The molecule has 0 fully saturated rings. The molecule has 0 heterocycles. The van der Waals surface area contributed by atoms with Gasteiger partial charge in [0.25, 0.3) is 0 Å². The number of hydrogen-bond donors (Lipinski definition) is 0. The molecule has 1 rings (SSSR count). The number of nitriles is 1. The molecule has 0 N–H and O–H groups in total. The topological polar surface area (TPSA) is 76.4 Å². The number of hydrogen-bond acceptors (Lipinski definition) is 5. The third-order valence-electron chi connectivity index (χ3n) is 3.16. The minimum Gasteiger partial charge on any atom is -0.466 e. The van der Waals surface area contributed by atoms with Crippen molar-refractivity contribution in [2.24, 2.45) is 0 Å². The van der Waals surface area contributed by atoms with Crippen molar-refractivity contribution >= 4 is 35.1 Å². The summed E-state index contributed by atoms with van der Waals surface area (Å²) in [5, 5.41) is 10.3. The number of halogens is 2. The second-order valence-corrected chi connectivity index (χ2v) is 5.63. The van der Waals surface area contributed by atoms with E-state index in [2.05, 4.69) is 0 Å². The van der Waals surface area contributed by atoms with Gasteiger partial charge in [-0.15, -0.1) is 0 Å². The Morgan fingerprint density at radius 1 is 1.13 bits per heavy atom. The Morgan fingerprint density at radius 3 is 2.04 bits per heavy atom. The van der Waals surface area contributed by atoms with Gasteiger partial charge >= 0.3 is 11.9 Å². The minimum absolute atomic E-state index is 0.175. The number of rotatable bonds is 7. The van der Waals surface area contributed by atoms with Gasteiger partial charge < -0.3 is 9.47 Å². The summed E-state index contributed by atoms with van der Waals surface area (Å²) in [6.07, 6.45) is -0.616. The second kappa shape index (κ2) is 8.76. The van der Waals surface area contributed by atoms with E-state index in [-0.39, 0.29) is 31.1 Å². The van der Waals surface area contributed by atoms with Gasteiger partial charge in [-0.1, -0.05) is 29.3 Å².